The summed E-state index contributed by atoms with van der Waals surface area (Å²) >= 11 is 5.95. The van der Waals surface area contributed by atoms with Crippen LogP contribution in [0.15, 0.2) is 30.3 Å². The number of methoxy groups -OCH3 is 1. The van der Waals surface area contributed by atoms with Crippen LogP contribution in [0.3, 0.4) is 0 Å². The van der Waals surface area contributed by atoms with E-state index in [1.54, 1.807) is 0 Å². The van der Waals surface area contributed by atoms with E-state index in [2.05, 4.69) is 0 Å². The summed E-state index contributed by atoms with van der Waals surface area (Å²) in [4.78, 5) is 0. The largest absolute Gasteiger partial charge is 0.495 e. The molecule has 0 aromatic heterocycles. The highest BCUT2D eigenvalue weighted by Gasteiger charge is 2.21. The third-order valence-electron chi connectivity index (χ3n) is 3.08. The second-order valence-electron chi connectivity index (χ2n) is 4.39. The Morgan fingerprint density at radius 2 is 1.90 bits per heavy atom. The number of aliphatic hydroxyl groups is 1. The fourth-order valence-electron chi connectivity index (χ4n) is 1.95. The molecule has 2 aromatic carbocycles. The Balaban J connectivity index is 2.49. The van der Waals surface area contributed by atoms with Crippen LogP contribution in [0.1, 0.15) is 22.8 Å². The summed E-state index contributed by atoms with van der Waals surface area (Å²) in [7, 11) is 1.46. The minimum Gasteiger partial charge on any atom is -0.495 e. The number of halogens is 3. The summed E-state index contributed by atoms with van der Waals surface area (Å²) in [5.74, 6) is -1.13. The minimum atomic E-state index is -1.43. The maximum Gasteiger partial charge on any atom is 0.137 e. The van der Waals surface area contributed by atoms with Gasteiger partial charge in [0.05, 0.1) is 17.7 Å². The first-order valence-corrected chi connectivity index (χ1v) is 6.29. The molecular formula is C15H13ClF2O2. The van der Waals surface area contributed by atoms with Crippen LogP contribution in [0.2, 0.25) is 5.02 Å². The third-order valence-corrected chi connectivity index (χ3v) is 3.38. The van der Waals surface area contributed by atoms with E-state index in [9.17, 15) is 13.9 Å². The topological polar surface area (TPSA) is 29.5 Å². The average molecular weight is 299 g/mol. The number of benzene rings is 2. The van der Waals surface area contributed by atoms with Crippen molar-refractivity contribution in [2.45, 2.75) is 13.0 Å². The van der Waals surface area contributed by atoms with Crippen LogP contribution >= 0.6 is 11.6 Å². The molecule has 0 aliphatic carbocycles. The maximum atomic E-state index is 14.0. The van der Waals surface area contributed by atoms with Crippen LogP contribution in [-0.4, -0.2) is 12.2 Å². The maximum absolute atomic E-state index is 14.0. The van der Waals surface area contributed by atoms with E-state index in [0.29, 0.717) is 11.3 Å². The number of aryl methyl sites for hydroxylation is 1. The zero-order valence-electron chi connectivity index (χ0n) is 11.0. The van der Waals surface area contributed by atoms with Crippen molar-refractivity contribution in [2.75, 3.05) is 7.11 Å². The number of hydrogen-bond acceptors (Lipinski definition) is 2. The first-order chi connectivity index (χ1) is 9.45. The molecule has 106 valence electrons. The Bertz CT molecular complexity index is 644. The van der Waals surface area contributed by atoms with Crippen LogP contribution in [0, 0.1) is 18.6 Å². The van der Waals surface area contributed by atoms with E-state index >= 15 is 0 Å². The predicted molar refractivity (Wildman–Crippen MR) is 73.2 cm³/mol. The van der Waals surface area contributed by atoms with Gasteiger partial charge in [-0.25, -0.2) is 8.78 Å². The van der Waals surface area contributed by atoms with Crippen LogP contribution in [-0.2, 0) is 0 Å². The van der Waals surface area contributed by atoms with Crippen molar-refractivity contribution in [2.24, 2.45) is 0 Å². The van der Waals surface area contributed by atoms with Crippen LogP contribution in [0.4, 0.5) is 8.78 Å². The van der Waals surface area contributed by atoms with Crippen molar-refractivity contribution in [3.05, 3.63) is 63.7 Å². The molecule has 2 aromatic rings. The quantitative estimate of drug-likeness (QED) is 0.927. The van der Waals surface area contributed by atoms with Gasteiger partial charge in [-0.05, 0) is 36.2 Å². The lowest BCUT2D eigenvalue weighted by atomic mass is 9.98. The monoisotopic (exact) mass is 298 g/mol. The summed E-state index contributed by atoms with van der Waals surface area (Å²) in [6.07, 6.45) is -1.43. The molecule has 5 heteroatoms. The molecule has 0 radical (unpaired) electrons. The van der Waals surface area contributed by atoms with E-state index in [1.165, 1.54) is 38.3 Å². The Labute approximate surface area is 120 Å². The summed E-state index contributed by atoms with van der Waals surface area (Å²) in [6.45, 7) is 1.51. The van der Waals surface area contributed by atoms with Crippen LogP contribution < -0.4 is 4.74 Å². The zero-order valence-corrected chi connectivity index (χ0v) is 11.7. The summed E-state index contributed by atoms with van der Waals surface area (Å²) in [6, 6.07) is 6.92. The van der Waals surface area contributed by atoms with Gasteiger partial charge in [0.25, 0.3) is 0 Å². The molecular weight excluding hydrogens is 286 g/mol. The molecule has 0 bridgehead atoms. The van der Waals surface area contributed by atoms with E-state index in [-0.39, 0.29) is 16.1 Å². The number of ether oxygens (including phenoxy) is 1. The van der Waals surface area contributed by atoms with Crippen molar-refractivity contribution in [3.63, 3.8) is 0 Å². The third kappa shape index (κ3) is 2.62. The van der Waals surface area contributed by atoms with Crippen molar-refractivity contribution < 1.29 is 18.6 Å². The molecule has 0 saturated carbocycles. The Morgan fingerprint density at radius 3 is 2.50 bits per heavy atom. The molecule has 1 atom stereocenters. The molecule has 0 heterocycles. The van der Waals surface area contributed by atoms with Crippen molar-refractivity contribution in [1.29, 1.82) is 0 Å². The van der Waals surface area contributed by atoms with Gasteiger partial charge in [0.2, 0.25) is 0 Å². The Hall–Kier alpha value is -1.65. The Kier molecular flexibility index (Phi) is 4.26. The summed E-state index contributed by atoms with van der Waals surface area (Å²) in [5.41, 5.74) is 0.172. The number of hydrogen-bond donors (Lipinski definition) is 1. The lowest BCUT2D eigenvalue weighted by Gasteiger charge is -2.15. The van der Waals surface area contributed by atoms with E-state index in [1.807, 2.05) is 0 Å². The van der Waals surface area contributed by atoms with Gasteiger partial charge in [0.15, 0.2) is 0 Å². The lowest BCUT2D eigenvalue weighted by Crippen LogP contribution is -2.07. The highest BCUT2D eigenvalue weighted by Crippen LogP contribution is 2.32. The van der Waals surface area contributed by atoms with Gasteiger partial charge in [-0.1, -0.05) is 23.7 Å². The molecule has 2 nitrogen and oxygen atoms in total. The van der Waals surface area contributed by atoms with Gasteiger partial charge in [-0.3, -0.25) is 0 Å². The van der Waals surface area contributed by atoms with Gasteiger partial charge in [-0.2, -0.15) is 0 Å². The zero-order chi connectivity index (χ0) is 14.9. The van der Waals surface area contributed by atoms with Gasteiger partial charge >= 0.3 is 0 Å². The normalized spacial score (nSPS) is 12.3. The SMILES string of the molecule is COc1ccc(C(O)c2c(F)ccc(C)c2F)cc1Cl. The molecule has 0 aliphatic rings. The highest BCUT2D eigenvalue weighted by atomic mass is 35.5. The smallest absolute Gasteiger partial charge is 0.137 e. The van der Waals surface area contributed by atoms with Crippen molar-refractivity contribution in [1.82, 2.24) is 0 Å². The minimum absolute atomic E-state index is 0.262. The second-order valence-corrected chi connectivity index (χ2v) is 4.80. The molecule has 1 unspecified atom stereocenters. The molecule has 2 rings (SSSR count). The van der Waals surface area contributed by atoms with Crippen molar-refractivity contribution in [3.8, 4) is 5.75 Å². The first kappa shape index (κ1) is 14.8. The fourth-order valence-corrected chi connectivity index (χ4v) is 2.21. The van der Waals surface area contributed by atoms with E-state index in [4.69, 9.17) is 16.3 Å². The van der Waals surface area contributed by atoms with E-state index in [0.717, 1.165) is 6.07 Å². The van der Waals surface area contributed by atoms with Crippen LogP contribution in [0.5, 0.6) is 5.75 Å². The van der Waals surface area contributed by atoms with Crippen molar-refractivity contribution >= 4 is 11.6 Å². The molecule has 1 N–H and O–H groups in total. The molecule has 0 amide bonds. The highest BCUT2D eigenvalue weighted by molar-refractivity contribution is 6.32. The van der Waals surface area contributed by atoms with Crippen LogP contribution in [0.25, 0.3) is 0 Å². The first-order valence-electron chi connectivity index (χ1n) is 5.91. The van der Waals surface area contributed by atoms with Gasteiger partial charge in [0, 0.05) is 0 Å². The van der Waals surface area contributed by atoms with Gasteiger partial charge in [0.1, 0.15) is 23.5 Å². The molecule has 0 aliphatic heterocycles. The summed E-state index contributed by atoms with van der Waals surface area (Å²) < 4.78 is 32.7. The second kappa shape index (κ2) is 5.77. The number of aliphatic hydroxyl groups excluding tert-OH is 1. The molecule has 20 heavy (non-hydrogen) atoms. The average Bonchev–Trinajstić information content (AvgIpc) is 2.43. The number of rotatable bonds is 3. The predicted octanol–water partition coefficient (Wildman–Crippen LogP) is 4.02. The fraction of sp³-hybridized carbons (Fsp3) is 0.200. The lowest BCUT2D eigenvalue weighted by molar-refractivity contribution is 0.208. The molecule has 0 saturated heterocycles. The van der Waals surface area contributed by atoms with Gasteiger partial charge in [-0.15, -0.1) is 0 Å². The standard InChI is InChI=1S/C15H13ClF2O2/c1-8-3-5-11(17)13(14(8)18)15(19)9-4-6-12(20-2)10(16)7-9/h3-7,15,19H,1-2H3. The van der Waals surface area contributed by atoms with E-state index < -0.39 is 17.7 Å². The molecule has 0 spiro atoms. The molecule has 0 fully saturated rings. The Morgan fingerprint density at radius 1 is 1.20 bits per heavy atom. The summed E-state index contributed by atoms with van der Waals surface area (Å²) in [5, 5.41) is 10.4. The van der Waals surface area contributed by atoms with Gasteiger partial charge < -0.3 is 9.84 Å².